The van der Waals surface area contributed by atoms with E-state index in [1.165, 1.54) is 0 Å². The van der Waals surface area contributed by atoms with E-state index in [0.717, 1.165) is 5.56 Å². The van der Waals surface area contributed by atoms with Gasteiger partial charge in [-0.1, -0.05) is 20.8 Å². The normalized spacial score (nSPS) is 11.9. The highest BCUT2D eigenvalue weighted by Gasteiger charge is 2.21. The number of aliphatic hydroxyl groups is 2. The number of hydrogen-bond acceptors (Lipinski definition) is 6. The second kappa shape index (κ2) is 5.49. The van der Waals surface area contributed by atoms with E-state index in [4.69, 9.17) is 15.9 Å². The number of nitrogens with zero attached hydrogens (tertiary/aromatic N) is 2. The van der Waals surface area contributed by atoms with Gasteiger partial charge in [0.25, 0.3) is 0 Å². The van der Waals surface area contributed by atoms with Gasteiger partial charge in [-0.25, -0.2) is 9.97 Å². The maximum Gasteiger partial charge on any atom is 0.138 e. The van der Waals surface area contributed by atoms with Crippen LogP contribution in [0.1, 0.15) is 32.2 Å². The lowest BCUT2D eigenvalue weighted by atomic mass is 9.95. The van der Waals surface area contributed by atoms with Gasteiger partial charge in [0.15, 0.2) is 0 Å². The van der Waals surface area contributed by atoms with E-state index in [0.29, 0.717) is 17.5 Å². The SMILES string of the molecule is Cc1c(N)nc(C(C)(C)C)nc1NC(CO)CO. The van der Waals surface area contributed by atoms with Crippen molar-refractivity contribution in [3.05, 3.63) is 11.4 Å². The smallest absolute Gasteiger partial charge is 0.138 e. The fourth-order valence-corrected chi connectivity index (χ4v) is 1.35. The molecule has 1 heterocycles. The average Bonchev–Trinajstić information content (AvgIpc) is 2.29. The summed E-state index contributed by atoms with van der Waals surface area (Å²) >= 11 is 0. The van der Waals surface area contributed by atoms with Gasteiger partial charge < -0.3 is 21.3 Å². The molecular weight excluding hydrogens is 232 g/mol. The van der Waals surface area contributed by atoms with Crippen LogP contribution in [-0.2, 0) is 5.41 Å². The van der Waals surface area contributed by atoms with Crippen LogP contribution in [0.25, 0.3) is 0 Å². The maximum absolute atomic E-state index is 9.08. The standard InChI is InChI=1S/C12H22N4O2/c1-7-9(13)15-11(12(2,3)4)16-10(7)14-8(5-17)6-18/h8,17-18H,5-6H2,1-4H3,(H3,13,14,15,16). The number of nitrogens with one attached hydrogen (secondary N) is 1. The summed E-state index contributed by atoms with van der Waals surface area (Å²) < 4.78 is 0. The molecule has 0 radical (unpaired) electrons. The number of nitrogen functional groups attached to an aromatic ring is 1. The zero-order chi connectivity index (χ0) is 13.9. The Morgan fingerprint density at radius 1 is 1.22 bits per heavy atom. The molecule has 1 rings (SSSR count). The molecule has 0 unspecified atom stereocenters. The van der Waals surface area contributed by atoms with Gasteiger partial charge in [0.1, 0.15) is 17.5 Å². The van der Waals surface area contributed by atoms with Crippen LogP contribution in [0.4, 0.5) is 11.6 Å². The van der Waals surface area contributed by atoms with Crippen LogP contribution < -0.4 is 11.1 Å². The molecule has 0 atom stereocenters. The van der Waals surface area contributed by atoms with Crippen molar-refractivity contribution in [1.29, 1.82) is 0 Å². The van der Waals surface area contributed by atoms with E-state index < -0.39 is 6.04 Å². The molecule has 0 aliphatic carbocycles. The molecule has 0 amide bonds. The molecule has 0 aliphatic heterocycles. The highest BCUT2D eigenvalue weighted by Crippen LogP contribution is 2.24. The summed E-state index contributed by atoms with van der Waals surface area (Å²) in [5.41, 5.74) is 6.36. The van der Waals surface area contributed by atoms with Crippen LogP contribution in [-0.4, -0.2) is 39.4 Å². The van der Waals surface area contributed by atoms with E-state index in [9.17, 15) is 0 Å². The van der Waals surface area contributed by atoms with E-state index in [2.05, 4.69) is 15.3 Å². The minimum absolute atomic E-state index is 0.176. The number of aromatic nitrogens is 2. The number of rotatable bonds is 4. The summed E-state index contributed by atoms with van der Waals surface area (Å²) in [6, 6.07) is -0.453. The Labute approximate surface area is 107 Å². The minimum Gasteiger partial charge on any atom is -0.394 e. The van der Waals surface area contributed by atoms with E-state index in [1.54, 1.807) is 6.92 Å². The highest BCUT2D eigenvalue weighted by molar-refractivity contribution is 5.55. The molecule has 0 bridgehead atoms. The largest absolute Gasteiger partial charge is 0.394 e. The molecule has 0 aromatic carbocycles. The fraction of sp³-hybridized carbons (Fsp3) is 0.667. The van der Waals surface area contributed by atoms with Gasteiger partial charge in [-0.2, -0.15) is 0 Å². The molecule has 5 N–H and O–H groups in total. The van der Waals surface area contributed by atoms with Gasteiger partial charge >= 0.3 is 0 Å². The second-order valence-electron chi connectivity index (χ2n) is 5.36. The summed E-state index contributed by atoms with van der Waals surface area (Å²) in [5.74, 6) is 1.59. The minimum atomic E-state index is -0.453. The van der Waals surface area contributed by atoms with Crippen molar-refractivity contribution in [3.8, 4) is 0 Å². The molecule has 6 nitrogen and oxygen atoms in total. The van der Waals surface area contributed by atoms with Crippen molar-refractivity contribution in [3.63, 3.8) is 0 Å². The predicted octanol–water partition coefficient (Wildman–Crippen LogP) is 0.430. The Bertz CT molecular complexity index is 411. The van der Waals surface area contributed by atoms with Gasteiger partial charge in [-0.3, -0.25) is 0 Å². The second-order valence-corrected chi connectivity index (χ2v) is 5.36. The maximum atomic E-state index is 9.08. The summed E-state index contributed by atoms with van der Waals surface area (Å²) in [5, 5.41) is 21.1. The van der Waals surface area contributed by atoms with Crippen LogP contribution in [0.3, 0.4) is 0 Å². The zero-order valence-electron chi connectivity index (χ0n) is 11.4. The number of aliphatic hydroxyl groups excluding tert-OH is 2. The molecule has 1 aromatic rings. The fourth-order valence-electron chi connectivity index (χ4n) is 1.35. The molecule has 0 saturated carbocycles. The van der Waals surface area contributed by atoms with Crippen LogP contribution in [0.2, 0.25) is 0 Å². The lowest BCUT2D eigenvalue weighted by Gasteiger charge is -2.21. The Morgan fingerprint density at radius 2 is 1.78 bits per heavy atom. The molecule has 1 aromatic heterocycles. The van der Waals surface area contributed by atoms with Crippen molar-refractivity contribution >= 4 is 11.6 Å². The molecule has 0 spiro atoms. The third kappa shape index (κ3) is 3.30. The molecule has 18 heavy (non-hydrogen) atoms. The molecule has 6 heteroatoms. The molecule has 102 valence electrons. The van der Waals surface area contributed by atoms with Crippen LogP contribution >= 0.6 is 0 Å². The van der Waals surface area contributed by atoms with E-state index in [1.807, 2.05) is 20.8 Å². The molecule has 0 fully saturated rings. The first-order valence-corrected chi connectivity index (χ1v) is 5.92. The van der Waals surface area contributed by atoms with E-state index in [-0.39, 0.29) is 18.6 Å². The van der Waals surface area contributed by atoms with Crippen molar-refractivity contribution in [1.82, 2.24) is 9.97 Å². The van der Waals surface area contributed by atoms with Gasteiger partial charge in [-0.15, -0.1) is 0 Å². The zero-order valence-corrected chi connectivity index (χ0v) is 11.4. The van der Waals surface area contributed by atoms with Crippen LogP contribution in [0.5, 0.6) is 0 Å². The lowest BCUT2D eigenvalue weighted by Crippen LogP contribution is -2.29. The summed E-state index contributed by atoms with van der Waals surface area (Å²) in [6.07, 6.45) is 0. The predicted molar refractivity (Wildman–Crippen MR) is 71.5 cm³/mol. The lowest BCUT2D eigenvalue weighted by molar-refractivity contribution is 0.203. The third-order valence-electron chi connectivity index (χ3n) is 2.64. The van der Waals surface area contributed by atoms with Gasteiger partial charge in [0.2, 0.25) is 0 Å². The Kier molecular flexibility index (Phi) is 4.48. The number of anilines is 2. The molecule has 0 aliphatic rings. The number of nitrogens with two attached hydrogens (primary N) is 1. The summed E-state index contributed by atoms with van der Waals surface area (Å²) in [7, 11) is 0. The van der Waals surface area contributed by atoms with Gasteiger partial charge in [0.05, 0.1) is 19.3 Å². The van der Waals surface area contributed by atoms with Crippen molar-refractivity contribution in [2.24, 2.45) is 0 Å². The first-order chi connectivity index (χ1) is 8.29. The Balaban J connectivity index is 3.14. The quantitative estimate of drug-likeness (QED) is 0.621. The summed E-state index contributed by atoms with van der Waals surface area (Å²) in [4.78, 5) is 8.68. The topological polar surface area (TPSA) is 104 Å². The highest BCUT2D eigenvalue weighted by atomic mass is 16.3. The van der Waals surface area contributed by atoms with Crippen LogP contribution in [0.15, 0.2) is 0 Å². The first kappa shape index (κ1) is 14.7. The molecular formula is C12H22N4O2. The summed E-state index contributed by atoms with van der Waals surface area (Å²) in [6.45, 7) is 7.44. The van der Waals surface area contributed by atoms with Gasteiger partial charge in [-0.05, 0) is 6.92 Å². The Morgan fingerprint density at radius 3 is 2.22 bits per heavy atom. The van der Waals surface area contributed by atoms with Crippen molar-refractivity contribution in [2.75, 3.05) is 24.3 Å². The van der Waals surface area contributed by atoms with Crippen molar-refractivity contribution < 1.29 is 10.2 Å². The Hall–Kier alpha value is -1.40. The first-order valence-electron chi connectivity index (χ1n) is 5.92. The third-order valence-corrected chi connectivity index (χ3v) is 2.64. The monoisotopic (exact) mass is 254 g/mol. The van der Waals surface area contributed by atoms with Crippen molar-refractivity contribution in [2.45, 2.75) is 39.2 Å². The van der Waals surface area contributed by atoms with Crippen LogP contribution in [0, 0.1) is 6.92 Å². The number of hydrogen-bond donors (Lipinski definition) is 4. The average molecular weight is 254 g/mol. The van der Waals surface area contributed by atoms with E-state index >= 15 is 0 Å². The molecule has 0 saturated heterocycles. The van der Waals surface area contributed by atoms with Gasteiger partial charge in [0, 0.05) is 11.0 Å².